The van der Waals surface area contributed by atoms with Crippen molar-refractivity contribution in [2.45, 2.75) is 33.2 Å². The standard InChI is InChI=1S/C15H23N3O3/c1-3-8-21-11-13-6-7-17(9-13)15(20)10-18-14(19)5-4-12(2)16-18/h4-5,13H,3,6-11H2,1-2H3/t13-/m1/s1. The summed E-state index contributed by atoms with van der Waals surface area (Å²) in [7, 11) is 0. The first-order valence-corrected chi connectivity index (χ1v) is 7.50. The fourth-order valence-electron chi connectivity index (χ4n) is 2.48. The summed E-state index contributed by atoms with van der Waals surface area (Å²) in [6.45, 7) is 6.83. The Morgan fingerprint density at radius 2 is 2.29 bits per heavy atom. The Kier molecular flexibility index (Phi) is 5.50. The van der Waals surface area contributed by atoms with Crippen LogP contribution in [0, 0.1) is 12.8 Å². The van der Waals surface area contributed by atoms with Gasteiger partial charge in [-0.1, -0.05) is 6.92 Å². The Balaban J connectivity index is 1.87. The van der Waals surface area contributed by atoms with Crippen LogP contribution in [0.25, 0.3) is 0 Å². The van der Waals surface area contributed by atoms with Gasteiger partial charge in [-0.25, -0.2) is 4.68 Å². The molecule has 1 atom stereocenters. The first-order chi connectivity index (χ1) is 10.1. The minimum Gasteiger partial charge on any atom is -0.381 e. The summed E-state index contributed by atoms with van der Waals surface area (Å²) in [5, 5.41) is 4.10. The predicted octanol–water partition coefficient (Wildman–Crippen LogP) is 0.827. The van der Waals surface area contributed by atoms with Crippen LogP contribution in [-0.4, -0.2) is 46.9 Å². The molecule has 0 aliphatic carbocycles. The molecule has 0 N–H and O–H groups in total. The van der Waals surface area contributed by atoms with Crippen LogP contribution in [-0.2, 0) is 16.1 Å². The van der Waals surface area contributed by atoms with Crippen LogP contribution in [0.2, 0.25) is 0 Å². The molecular formula is C15H23N3O3. The van der Waals surface area contributed by atoms with Gasteiger partial charge in [-0.3, -0.25) is 9.59 Å². The third-order valence-electron chi connectivity index (χ3n) is 3.63. The third-order valence-corrected chi connectivity index (χ3v) is 3.63. The number of aromatic nitrogens is 2. The van der Waals surface area contributed by atoms with Crippen molar-refractivity contribution in [3.8, 4) is 0 Å². The Labute approximate surface area is 124 Å². The largest absolute Gasteiger partial charge is 0.381 e. The van der Waals surface area contributed by atoms with Crippen molar-refractivity contribution in [3.63, 3.8) is 0 Å². The molecule has 6 nitrogen and oxygen atoms in total. The normalized spacial score (nSPS) is 18.2. The zero-order valence-corrected chi connectivity index (χ0v) is 12.7. The van der Waals surface area contributed by atoms with E-state index in [2.05, 4.69) is 12.0 Å². The van der Waals surface area contributed by atoms with Gasteiger partial charge in [-0.05, 0) is 25.8 Å². The van der Waals surface area contributed by atoms with Crippen LogP contribution < -0.4 is 5.56 Å². The number of likely N-dealkylation sites (tertiary alicyclic amines) is 1. The fraction of sp³-hybridized carbons (Fsp3) is 0.667. The van der Waals surface area contributed by atoms with Crippen molar-refractivity contribution < 1.29 is 9.53 Å². The van der Waals surface area contributed by atoms with Gasteiger partial charge in [-0.2, -0.15) is 5.10 Å². The second kappa shape index (κ2) is 7.36. The summed E-state index contributed by atoms with van der Waals surface area (Å²) in [5.41, 5.74) is 0.491. The maximum absolute atomic E-state index is 12.2. The van der Waals surface area contributed by atoms with Gasteiger partial charge in [0.15, 0.2) is 0 Å². The number of nitrogens with zero attached hydrogens (tertiary/aromatic N) is 3. The highest BCUT2D eigenvalue weighted by atomic mass is 16.5. The molecule has 1 aliphatic heterocycles. The molecule has 2 rings (SSSR count). The number of rotatable bonds is 6. The molecule has 0 bridgehead atoms. The first-order valence-electron chi connectivity index (χ1n) is 7.50. The highest BCUT2D eigenvalue weighted by molar-refractivity contribution is 5.76. The molecule has 0 aromatic carbocycles. The molecule has 0 radical (unpaired) electrons. The van der Waals surface area contributed by atoms with Gasteiger partial charge in [-0.15, -0.1) is 0 Å². The lowest BCUT2D eigenvalue weighted by Crippen LogP contribution is -2.36. The second-order valence-electron chi connectivity index (χ2n) is 5.54. The molecule has 0 spiro atoms. The Hall–Kier alpha value is -1.69. The van der Waals surface area contributed by atoms with Gasteiger partial charge < -0.3 is 9.64 Å². The molecule has 0 saturated carbocycles. The van der Waals surface area contributed by atoms with Crippen LogP contribution in [0.15, 0.2) is 16.9 Å². The van der Waals surface area contributed by atoms with Crippen LogP contribution in [0.1, 0.15) is 25.5 Å². The maximum atomic E-state index is 12.2. The smallest absolute Gasteiger partial charge is 0.267 e. The molecular weight excluding hydrogens is 270 g/mol. The molecule has 1 saturated heterocycles. The van der Waals surface area contributed by atoms with E-state index in [1.165, 1.54) is 10.7 Å². The summed E-state index contributed by atoms with van der Waals surface area (Å²) in [6, 6.07) is 3.10. The SMILES string of the molecule is CCCOC[C@@H]1CCN(C(=O)Cn2nc(C)ccc2=O)C1. The number of aryl methyl sites for hydroxylation is 1. The van der Waals surface area contributed by atoms with Crippen molar-refractivity contribution in [1.82, 2.24) is 14.7 Å². The Morgan fingerprint density at radius 1 is 1.48 bits per heavy atom. The quantitative estimate of drug-likeness (QED) is 0.729. The van der Waals surface area contributed by atoms with Gasteiger partial charge in [0.25, 0.3) is 5.56 Å². The monoisotopic (exact) mass is 293 g/mol. The first kappa shape index (κ1) is 15.7. The number of ether oxygens (including phenoxy) is 1. The van der Waals surface area contributed by atoms with Crippen LogP contribution in [0.3, 0.4) is 0 Å². The maximum Gasteiger partial charge on any atom is 0.267 e. The lowest BCUT2D eigenvalue weighted by atomic mass is 10.1. The summed E-state index contributed by atoms with van der Waals surface area (Å²) in [6.07, 6.45) is 1.98. The molecule has 1 aliphatic rings. The van der Waals surface area contributed by atoms with Gasteiger partial charge in [0.2, 0.25) is 5.91 Å². The van der Waals surface area contributed by atoms with E-state index in [1.807, 2.05) is 0 Å². The third kappa shape index (κ3) is 4.39. The average Bonchev–Trinajstić information content (AvgIpc) is 2.92. The van der Waals surface area contributed by atoms with Crippen molar-refractivity contribution >= 4 is 5.91 Å². The van der Waals surface area contributed by atoms with E-state index in [9.17, 15) is 9.59 Å². The number of amides is 1. The van der Waals surface area contributed by atoms with Gasteiger partial charge >= 0.3 is 0 Å². The van der Waals surface area contributed by atoms with Crippen molar-refractivity contribution in [1.29, 1.82) is 0 Å². The van der Waals surface area contributed by atoms with Crippen LogP contribution in [0.4, 0.5) is 0 Å². The molecule has 1 amide bonds. The molecule has 0 unspecified atom stereocenters. The zero-order chi connectivity index (χ0) is 15.2. The lowest BCUT2D eigenvalue weighted by molar-refractivity contribution is -0.131. The summed E-state index contributed by atoms with van der Waals surface area (Å²) in [4.78, 5) is 25.7. The van der Waals surface area contributed by atoms with E-state index < -0.39 is 0 Å². The fourth-order valence-corrected chi connectivity index (χ4v) is 2.48. The van der Waals surface area contributed by atoms with E-state index >= 15 is 0 Å². The van der Waals surface area contributed by atoms with Gasteiger partial charge in [0.05, 0.1) is 12.3 Å². The summed E-state index contributed by atoms with van der Waals surface area (Å²) in [5.74, 6) is 0.357. The van der Waals surface area contributed by atoms with E-state index in [0.29, 0.717) is 19.1 Å². The topological polar surface area (TPSA) is 64.4 Å². The van der Waals surface area contributed by atoms with Crippen LogP contribution >= 0.6 is 0 Å². The highest BCUT2D eigenvalue weighted by Gasteiger charge is 2.26. The molecule has 21 heavy (non-hydrogen) atoms. The van der Waals surface area contributed by atoms with Crippen LogP contribution in [0.5, 0.6) is 0 Å². The Morgan fingerprint density at radius 3 is 3.05 bits per heavy atom. The molecule has 1 aromatic rings. The Bertz CT molecular complexity index is 541. The number of hydrogen-bond donors (Lipinski definition) is 0. The van der Waals surface area contributed by atoms with Gasteiger partial charge in [0, 0.05) is 31.7 Å². The van der Waals surface area contributed by atoms with E-state index in [0.717, 1.165) is 31.7 Å². The molecule has 1 fully saturated rings. The molecule has 116 valence electrons. The second-order valence-corrected chi connectivity index (χ2v) is 5.54. The van der Waals surface area contributed by atoms with Crippen molar-refractivity contribution in [2.24, 2.45) is 5.92 Å². The molecule has 2 heterocycles. The van der Waals surface area contributed by atoms with Gasteiger partial charge in [0.1, 0.15) is 6.54 Å². The summed E-state index contributed by atoms with van der Waals surface area (Å²) >= 11 is 0. The highest BCUT2D eigenvalue weighted by Crippen LogP contribution is 2.16. The minimum atomic E-state index is -0.240. The number of carbonyl (C=O) groups is 1. The molecule has 6 heteroatoms. The predicted molar refractivity (Wildman–Crippen MR) is 79.0 cm³/mol. The van der Waals surface area contributed by atoms with Crippen molar-refractivity contribution in [3.05, 3.63) is 28.2 Å². The molecule has 1 aromatic heterocycles. The number of hydrogen-bond acceptors (Lipinski definition) is 4. The average molecular weight is 293 g/mol. The number of carbonyl (C=O) groups excluding carboxylic acids is 1. The van der Waals surface area contributed by atoms with Crippen molar-refractivity contribution in [2.75, 3.05) is 26.3 Å². The summed E-state index contributed by atoms with van der Waals surface area (Å²) < 4.78 is 6.78. The van der Waals surface area contributed by atoms with E-state index in [-0.39, 0.29) is 18.0 Å². The lowest BCUT2D eigenvalue weighted by Gasteiger charge is -2.17. The van der Waals surface area contributed by atoms with E-state index in [4.69, 9.17) is 4.74 Å². The van der Waals surface area contributed by atoms with E-state index in [1.54, 1.807) is 17.9 Å². The zero-order valence-electron chi connectivity index (χ0n) is 12.7. The minimum absolute atomic E-state index is 0.0169.